The molecule has 0 spiro atoms. The maximum atomic E-state index is 12.2. The van der Waals surface area contributed by atoms with Gasteiger partial charge in [0.15, 0.2) is 0 Å². The van der Waals surface area contributed by atoms with Crippen LogP contribution in [-0.4, -0.2) is 27.1 Å². The Morgan fingerprint density at radius 2 is 1.71 bits per heavy atom. The molecule has 124 valence electrons. The number of anilines is 2. The Balaban J connectivity index is 2.18. The summed E-state index contributed by atoms with van der Waals surface area (Å²) in [5.74, 6) is -0.450. The average Bonchev–Trinajstić information content (AvgIpc) is 2.54. The molecule has 0 radical (unpaired) electrons. The van der Waals surface area contributed by atoms with Crippen LogP contribution in [0.25, 0.3) is 0 Å². The van der Waals surface area contributed by atoms with Gasteiger partial charge in [0.1, 0.15) is 6.54 Å². The SMILES string of the molecule is Cc1ccc(NC(=O)CN(c2ccc(C#N)cc2)S(C)(=O)=O)cc1. The number of aryl methyl sites for hydroxylation is 1. The minimum absolute atomic E-state index is 0.329. The van der Waals surface area contributed by atoms with Crippen LogP contribution < -0.4 is 9.62 Å². The number of sulfonamides is 1. The summed E-state index contributed by atoms with van der Waals surface area (Å²) in [7, 11) is -3.64. The van der Waals surface area contributed by atoms with Gasteiger partial charge in [-0.25, -0.2) is 8.42 Å². The number of nitrogens with one attached hydrogen (secondary N) is 1. The molecule has 0 aromatic heterocycles. The molecule has 2 rings (SSSR count). The molecule has 0 atom stereocenters. The number of benzene rings is 2. The topological polar surface area (TPSA) is 90.3 Å². The van der Waals surface area contributed by atoms with Crippen LogP contribution in [0.3, 0.4) is 0 Å². The van der Waals surface area contributed by atoms with Crippen molar-refractivity contribution in [1.29, 1.82) is 5.26 Å². The van der Waals surface area contributed by atoms with Crippen molar-refractivity contribution < 1.29 is 13.2 Å². The first-order valence-electron chi connectivity index (χ1n) is 7.14. The van der Waals surface area contributed by atoms with Gasteiger partial charge in [0.25, 0.3) is 0 Å². The molecule has 0 saturated heterocycles. The molecule has 0 unspecified atom stereocenters. The van der Waals surface area contributed by atoms with E-state index in [-0.39, 0.29) is 6.54 Å². The number of nitriles is 1. The van der Waals surface area contributed by atoms with Crippen LogP contribution in [0.15, 0.2) is 48.5 Å². The molecule has 2 aromatic carbocycles. The second-order valence-electron chi connectivity index (χ2n) is 5.34. The van der Waals surface area contributed by atoms with Crippen molar-refractivity contribution in [2.24, 2.45) is 0 Å². The lowest BCUT2D eigenvalue weighted by Gasteiger charge is -2.22. The van der Waals surface area contributed by atoms with E-state index in [4.69, 9.17) is 5.26 Å². The van der Waals surface area contributed by atoms with Gasteiger partial charge in [-0.05, 0) is 43.3 Å². The third-order valence-corrected chi connectivity index (χ3v) is 4.45. The summed E-state index contributed by atoms with van der Waals surface area (Å²) >= 11 is 0. The first-order valence-corrected chi connectivity index (χ1v) is 8.99. The van der Waals surface area contributed by atoms with Gasteiger partial charge < -0.3 is 5.32 Å². The fraction of sp³-hybridized carbons (Fsp3) is 0.176. The molecule has 0 aliphatic heterocycles. The molecule has 0 heterocycles. The van der Waals surface area contributed by atoms with Crippen molar-refractivity contribution >= 4 is 27.3 Å². The van der Waals surface area contributed by atoms with Crippen LogP contribution in [-0.2, 0) is 14.8 Å². The van der Waals surface area contributed by atoms with Crippen LogP contribution in [0.2, 0.25) is 0 Å². The molecule has 0 bridgehead atoms. The minimum atomic E-state index is -3.64. The Labute approximate surface area is 141 Å². The Hall–Kier alpha value is -2.85. The van der Waals surface area contributed by atoms with E-state index < -0.39 is 15.9 Å². The Bertz CT molecular complexity index is 867. The number of carbonyl (C=O) groups excluding carboxylic acids is 1. The van der Waals surface area contributed by atoms with E-state index in [1.807, 2.05) is 25.1 Å². The van der Waals surface area contributed by atoms with Gasteiger partial charge in [-0.3, -0.25) is 9.10 Å². The highest BCUT2D eigenvalue weighted by atomic mass is 32.2. The average molecular weight is 343 g/mol. The van der Waals surface area contributed by atoms with Gasteiger partial charge in [-0.1, -0.05) is 17.7 Å². The molecular formula is C17H17N3O3S. The lowest BCUT2D eigenvalue weighted by molar-refractivity contribution is -0.114. The highest BCUT2D eigenvalue weighted by molar-refractivity contribution is 7.92. The fourth-order valence-electron chi connectivity index (χ4n) is 2.07. The third kappa shape index (κ3) is 4.57. The van der Waals surface area contributed by atoms with E-state index in [1.165, 1.54) is 24.3 Å². The van der Waals surface area contributed by atoms with Crippen molar-refractivity contribution in [3.05, 3.63) is 59.7 Å². The van der Waals surface area contributed by atoms with Crippen molar-refractivity contribution in [2.45, 2.75) is 6.92 Å². The standard InChI is InChI=1S/C17H17N3O3S/c1-13-3-7-15(8-4-13)19-17(21)12-20(24(2,22)23)16-9-5-14(11-18)6-10-16/h3-10H,12H2,1-2H3,(H,19,21). The highest BCUT2D eigenvalue weighted by Gasteiger charge is 2.20. The van der Waals surface area contributed by atoms with Crippen LogP contribution in [0, 0.1) is 18.3 Å². The Morgan fingerprint density at radius 1 is 1.12 bits per heavy atom. The molecule has 0 aliphatic carbocycles. The molecule has 1 N–H and O–H groups in total. The van der Waals surface area contributed by atoms with Gasteiger partial charge in [0, 0.05) is 5.69 Å². The number of rotatable bonds is 5. The summed E-state index contributed by atoms with van der Waals surface area (Å²) in [5, 5.41) is 11.5. The highest BCUT2D eigenvalue weighted by Crippen LogP contribution is 2.18. The van der Waals surface area contributed by atoms with E-state index in [0.717, 1.165) is 16.1 Å². The van der Waals surface area contributed by atoms with E-state index in [9.17, 15) is 13.2 Å². The zero-order valence-corrected chi connectivity index (χ0v) is 14.2. The molecule has 0 saturated carbocycles. The largest absolute Gasteiger partial charge is 0.325 e. The van der Waals surface area contributed by atoms with Crippen LogP contribution in [0.1, 0.15) is 11.1 Å². The summed E-state index contributed by atoms with van der Waals surface area (Å²) < 4.78 is 25.0. The van der Waals surface area contributed by atoms with Crippen molar-refractivity contribution in [2.75, 3.05) is 22.4 Å². The van der Waals surface area contributed by atoms with Crippen LogP contribution >= 0.6 is 0 Å². The van der Waals surface area contributed by atoms with Gasteiger partial charge in [-0.2, -0.15) is 5.26 Å². The second kappa shape index (κ2) is 7.15. The second-order valence-corrected chi connectivity index (χ2v) is 7.25. The first-order chi connectivity index (χ1) is 11.3. The molecule has 0 aliphatic rings. The van der Waals surface area contributed by atoms with Crippen molar-refractivity contribution in [1.82, 2.24) is 0 Å². The number of hydrogen-bond donors (Lipinski definition) is 1. The zero-order valence-electron chi connectivity index (χ0n) is 13.4. The smallest absolute Gasteiger partial charge is 0.245 e. The third-order valence-electron chi connectivity index (χ3n) is 3.31. The van der Waals surface area contributed by atoms with Crippen LogP contribution in [0.4, 0.5) is 11.4 Å². The van der Waals surface area contributed by atoms with E-state index >= 15 is 0 Å². The predicted molar refractivity (Wildman–Crippen MR) is 93.2 cm³/mol. The summed E-state index contributed by atoms with van der Waals surface area (Å²) in [6.45, 7) is 1.58. The molecule has 6 nitrogen and oxygen atoms in total. The Kier molecular flexibility index (Phi) is 5.21. The predicted octanol–water partition coefficient (Wildman–Crippen LogP) is 2.27. The monoisotopic (exact) mass is 343 g/mol. The lowest BCUT2D eigenvalue weighted by atomic mass is 10.2. The first kappa shape index (κ1) is 17.5. The fourth-order valence-corrected chi connectivity index (χ4v) is 2.93. The van der Waals surface area contributed by atoms with Gasteiger partial charge in [-0.15, -0.1) is 0 Å². The number of hydrogen-bond acceptors (Lipinski definition) is 4. The maximum Gasteiger partial charge on any atom is 0.245 e. The van der Waals surface area contributed by atoms with Crippen molar-refractivity contribution in [3.8, 4) is 6.07 Å². The molecule has 0 fully saturated rings. The summed E-state index contributed by atoms with van der Waals surface area (Å²) in [4.78, 5) is 12.2. The number of carbonyl (C=O) groups is 1. The maximum absolute atomic E-state index is 12.2. The number of nitrogens with zero attached hydrogens (tertiary/aromatic N) is 2. The minimum Gasteiger partial charge on any atom is -0.325 e. The molecular weight excluding hydrogens is 326 g/mol. The molecule has 1 amide bonds. The summed E-state index contributed by atoms with van der Waals surface area (Å²) in [6.07, 6.45) is 1.03. The van der Waals surface area contributed by atoms with E-state index in [2.05, 4.69) is 5.32 Å². The lowest BCUT2D eigenvalue weighted by Crippen LogP contribution is -2.37. The molecule has 7 heteroatoms. The van der Waals surface area contributed by atoms with Gasteiger partial charge in [0.2, 0.25) is 15.9 Å². The zero-order chi connectivity index (χ0) is 17.7. The van der Waals surface area contributed by atoms with Gasteiger partial charge >= 0.3 is 0 Å². The van der Waals surface area contributed by atoms with Crippen molar-refractivity contribution in [3.63, 3.8) is 0 Å². The summed E-state index contributed by atoms with van der Waals surface area (Å²) in [6, 6.07) is 15.2. The van der Waals surface area contributed by atoms with Gasteiger partial charge in [0.05, 0.1) is 23.6 Å². The Morgan fingerprint density at radius 3 is 2.21 bits per heavy atom. The molecule has 24 heavy (non-hydrogen) atoms. The molecule has 2 aromatic rings. The quantitative estimate of drug-likeness (QED) is 0.902. The van der Waals surface area contributed by atoms with E-state index in [1.54, 1.807) is 12.1 Å². The van der Waals surface area contributed by atoms with Crippen LogP contribution in [0.5, 0.6) is 0 Å². The number of amides is 1. The van der Waals surface area contributed by atoms with E-state index in [0.29, 0.717) is 16.9 Å². The normalized spacial score (nSPS) is 10.7. The summed E-state index contributed by atoms with van der Waals surface area (Å²) in [5.41, 5.74) is 2.40.